The molecule has 8 heteroatoms. The summed E-state index contributed by atoms with van der Waals surface area (Å²) in [6, 6.07) is 9.61. The highest BCUT2D eigenvalue weighted by Gasteiger charge is 2.17. The minimum absolute atomic E-state index is 0.0281. The zero-order valence-corrected chi connectivity index (χ0v) is 17.8. The Morgan fingerprint density at radius 1 is 1.00 bits per heavy atom. The molecule has 0 saturated heterocycles. The van der Waals surface area contributed by atoms with Crippen LogP contribution >= 0.6 is 0 Å². The molecule has 0 heterocycles. The van der Waals surface area contributed by atoms with Gasteiger partial charge in [-0.25, -0.2) is 0 Å². The van der Waals surface area contributed by atoms with Gasteiger partial charge in [-0.15, -0.1) is 0 Å². The lowest BCUT2D eigenvalue weighted by Gasteiger charge is -2.20. The number of carbonyl (C=O) groups is 1. The highest BCUT2D eigenvalue weighted by molar-refractivity contribution is 5.94. The van der Waals surface area contributed by atoms with Crippen molar-refractivity contribution in [3.63, 3.8) is 0 Å². The van der Waals surface area contributed by atoms with Gasteiger partial charge in [0.15, 0.2) is 23.0 Å². The van der Waals surface area contributed by atoms with Gasteiger partial charge in [-0.1, -0.05) is 6.07 Å². The molecule has 30 heavy (non-hydrogen) atoms. The van der Waals surface area contributed by atoms with Gasteiger partial charge < -0.3 is 23.8 Å². The largest absolute Gasteiger partial charge is 0.493 e. The van der Waals surface area contributed by atoms with Crippen molar-refractivity contribution in [3.05, 3.63) is 47.5 Å². The third kappa shape index (κ3) is 6.23. The molecule has 0 unspecified atom stereocenters. The normalized spacial score (nSPS) is 10.8. The van der Waals surface area contributed by atoms with Gasteiger partial charge in [0, 0.05) is 19.2 Å². The first kappa shape index (κ1) is 23.3. The first-order valence-electron chi connectivity index (χ1n) is 9.55. The number of nitrogens with zero attached hydrogens (tertiary/aromatic N) is 1. The second-order valence-corrected chi connectivity index (χ2v) is 6.79. The molecule has 0 N–H and O–H groups in total. The molecule has 1 amide bonds. The van der Waals surface area contributed by atoms with Gasteiger partial charge in [0.25, 0.3) is 5.91 Å². The average Bonchev–Trinajstić information content (AvgIpc) is 2.69. The summed E-state index contributed by atoms with van der Waals surface area (Å²) < 4.78 is 46.0. The molecule has 2 rings (SSSR count). The third-order valence-corrected chi connectivity index (χ3v) is 4.06. The third-order valence-electron chi connectivity index (χ3n) is 4.06. The van der Waals surface area contributed by atoms with E-state index in [4.69, 9.17) is 14.2 Å². The first-order valence-corrected chi connectivity index (χ1v) is 9.55. The number of alkyl halides is 2. The van der Waals surface area contributed by atoms with Gasteiger partial charge in [0.1, 0.15) is 0 Å². The summed E-state index contributed by atoms with van der Waals surface area (Å²) >= 11 is 0. The maximum atomic E-state index is 12.8. The zero-order chi connectivity index (χ0) is 22.3. The summed E-state index contributed by atoms with van der Waals surface area (Å²) in [4.78, 5) is 14.4. The minimum Gasteiger partial charge on any atom is -0.493 e. The van der Waals surface area contributed by atoms with E-state index >= 15 is 0 Å². The minimum atomic E-state index is -2.95. The van der Waals surface area contributed by atoms with E-state index in [0.717, 1.165) is 0 Å². The molecule has 0 saturated carbocycles. The first-order chi connectivity index (χ1) is 14.2. The van der Waals surface area contributed by atoms with Gasteiger partial charge in [0.2, 0.25) is 0 Å². The fraction of sp³-hybridized carbons (Fsp3) is 0.409. The molecule has 0 radical (unpaired) electrons. The molecular weight excluding hydrogens is 396 g/mol. The molecule has 0 spiro atoms. The molecule has 0 bridgehead atoms. The van der Waals surface area contributed by atoms with Gasteiger partial charge >= 0.3 is 6.61 Å². The molecule has 0 aliphatic carbocycles. The number of ether oxygens (including phenoxy) is 4. The van der Waals surface area contributed by atoms with Crippen LogP contribution in [0.15, 0.2) is 36.4 Å². The van der Waals surface area contributed by atoms with E-state index < -0.39 is 6.61 Å². The van der Waals surface area contributed by atoms with Crippen molar-refractivity contribution in [1.29, 1.82) is 0 Å². The van der Waals surface area contributed by atoms with E-state index in [0.29, 0.717) is 29.2 Å². The standard InChI is InChI=1S/C22H27F2NO5/c1-6-28-20-11-15(7-9-18(20)30-22(23)24)13-25(4)21(26)16-8-10-17(29-14(2)3)19(12-16)27-5/h7-12,14,22H,6,13H2,1-5H3. The highest BCUT2D eigenvalue weighted by Crippen LogP contribution is 2.31. The summed E-state index contributed by atoms with van der Waals surface area (Å²) in [5.74, 6) is 0.955. The van der Waals surface area contributed by atoms with Crippen molar-refractivity contribution < 1.29 is 32.5 Å². The monoisotopic (exact) mass is 423 g/mol. The summed E-state index contributed by atoms with van der Waals surface area (Å²) in [5.41, 5.74) is 1.15. The maximum absolute atomic E-state index is 12.8. The Morgan fingerprint density at radius 2 is 1.67 bits per heavy atom. The maximum Gasteiger partial charge on any atom is 0.387 e. The number of amides is 1. The number of carbonyl (C=O) groups excluding carboxylic acids is 1. The van der Waals surface area contributed by atoms with Crippen LogP contribution in [0.3, 0.4) is 0 Å². The van der Waals surface area contributed by atoms with Crippen molar-refractivity contribution >= 4 is 5.91 Å². The molecule has 0 aromatic heterocycles. The Balaban J connectivity index is 2.18. The van der Waals surface area contributed by atoms with E-state index in [9.17, 15) is 13.6 Å². The van der Waals surface area contributed by atoms with E-state index in [1.807, 2.05) is 13.8 Å². The van der Waals surface area contributed by atoms with Crippen molar-refractivity contribution in [3.8, 4) is 23.0 Å². The molecule has 0 aliphatic rings. The van der Waals surface area contributed by atoms with Gasteiger partial charge in [0.05, 0.1) is 19.8 Å². The van der Waals surface area contributed by atoms with Crippen LogP contribution in [0.4, 0.5) is 8.78 Å². The van der Waals surface area contributed by atoms with Gasteiger partial charge in [-0.05, 0) is 56.7 Å². The SMILES string of the molecule is CCOc1cc(CN(C)C(=O)c2ccc(OC(C)C)c(OC)c2)ccc1OC(F)F. The summed E-state index contributed by atoms with van der Waals surface area (Å²) in [6.45, 7) is 3.15. The van der Waals surface area contributed by atoms with Crippen LogP contribution in [0.1, 0.15) is 36.7 Å². The predicted molar refractivity (Wildman–Crippen MR) is 109 cm³/mol. The van der Waals surface area contributed by atoms with Crippen molar-refractivity contribution in [1.82, 2.24) is 4.90 Å². The number of halogens is 2. The fourth-order valence-corrected chi connectivity index (χ4v) is 2.83. The van der Waals surface area contributed by atoms with Crippen LogP contribution in [0, 0.1) is 0 Å². The van der Waals surface area contributed by atoms with E-state index in [1.54, 1.807) is 44.3 Å². The predicted octanol–water partition coefficient (Wildman–Crippen LogP) is 4.75. The van der Waals surface area contributed by atoms with Gasteiger partial charge in [-0.2, -0.15) is 8.78 Å². The van der Waals surface area contributed by atoms with E-state index in [1.165, 1.54) is 18.1 Å². The second kappa shape index (κ2) is 10.7. The molecule has 0 fully saturated rings. The van der Waals surface area contributed by atoms with Crippen LogP contribution in [-0.4, -0.2) is 44.3 Å². The quantitative estimate of drug-likeness (QED) is 0.552. The van der Waals surface area contributed by atoms with Crippen molar-refractivity contribution in [2.45, 2.75) is 40.0 Å². The smallest absolute Gasteiger partial charge is 0.387 e. The Kier molecular flexibility index (Phi) is 8.26. The molecule has 0 atom stereocenters. The lowest BCUT2D eigenvalue weighted by Crippen LogP contribution is -2.26. The number of rotatable bonds is 10. The summed E-state index contributed by atoms with van der Waals surface area (Å²) in [5, 5.41) is 0. The van der Waals surface area contributed by atoms with E-state index in [-0.39, 0.29) is 30.1 Å². The molecule has 6 nitrogen and oxygen atoms in total. The second-order valence-electron chi connectivity index (χ2n) is 6.79. The fourth-order valence-electron chi connectivity index (χ4n) is 2.83. The number of benzene rings is 2. The van der Waals surface area contributed by atoms with Crippen molar-refractivity contribution in [2.24, 2.45) is 0 Å². The zero-order valence-electron chi connectivity index (χ0n) is 17.8. The lowest BCUT2D eigenvalue weighted by atomic mass is 10.1. The lowest BCUT2D eigenvalue weighted by molar-refractivity contribution is -0.0514. The summed E-state index contributed by atoms with van der Waals surface area (Å²) in [7, 11) is 3.16. The number of hydrogen-bond acceptors (Lipinski definition) is 5. The topological polar surface area (TPSA) is 57.2 Å². The molecule has 0 aliphatic heterocycles. The van der Waals surface area contributed by atoms with Crippen LogP contribution in [0.25, 0.3) is 0 Å². The van der Waals surface area contributed by atoms with Crippen LogP contribution in [0.5, 0.6) is 23.0 Å². The molecule has 2 aromatic rings. The molecule has 164 valence electrons. The Hall–Kier alpha value is -3.03. The van der Waals surface area contributed by atoms with E-state index in [2.05, 4.69) is 4.74 Å². The Labute approximate surface area is 175 Å². The van der Waals surface area contributed by atoms with Crippen LogP contribution in [0.2, 0.25) is 0 Å². The summed E-state index contributed by atoms with van der Waals surface area (Å²) in [6.07, 6.45) is -0.0281. The number of methoxy groups -OCH3 is 1. The van der Waals surface area contributed by atoms with Crippen LogP contribution in [-0.2, 0) is 6.54 Å². The molecule has 2 aromatic carbocycles. The Bertz CT molecular complexity index is 857. The van der Waals surface area contributed by atoms with Crippen LogP contribution < -0.4 is 18.9 Å². The van der Waals surface area contributed by atoms with Crippen molar-refractivity contribution in [2.75, 3.05) is 20.8 Å². The number of hydrogen-bond donors (Lipinski definition) is 0. The highest BCUT2D eigenvalue weighted by atomic mass is 19.3. The Morgan fingerprint density at radius 3 is 2.27 bits per heavy atom. The molecular formula is C22H27F2NO5. The average molecular weight is 423 g/mol. The van der Waals surface area contributed by atoms with Gasteiger partial charge in [-0.3, -0.25) is 4.79 Å².